The van der Waals surface area contributed by atoms with Crippen LogP contribution in [-0.2, 0) is 49.1 Å². The molecule has 0 aliphatic carbocycles. The Bertz CT molecular complexity index is 3480. The van der Waals surface area contributed by atoms with E-state index in [9.17, 15) is 60.2 Å². The molecule has 0 aliphatic heterocycles. The molecule has 16 nitrogen and oxygen atoms in total. The monoisotopic (exact) mass is 1320 g/mol. The second-order valence-corrected chi connectivity index (χ2v) is 23.6. The van der Waals surface area contributed by atoms with Crippen molar-refractivity contribution in [1.29, 1.82) is 0 Å². The van der Waals surface area contributed by atoms with Crippen LogP contribution in [0.1, 0.15) is 133 Å². The number of halogens is 6. The Morgan fingerprint density at radius 2 is 0.891 bits per heavy atom. The molecule has 0 saturated heterocycles. The van der Waals surface area contributed by atoms with Crippen molar-refractivity contribution in [2.75, 3.05) is 48.4 Å². The van der Waals surface area contributed by atoms with E-state index in [1.165, 1.54) is 7.11 Å². The molecule has 4 aromatic carbocycles. The number of nitrogens with zero attached hydrogens (tertiary/aromatic N) is 4. The molecular formula is C67H89F6LiN6O10S2. The van der Waals surface area contributed by atoms with Crippen molar-refractivity contribution >= 4 is 50.7 Å². The molecule has 2 amide bonds. The average Bonchev–Trinajstić information content (AvgIpc) is 0.832. The molecule has 502 valence electrons. The molecule has 2 aromatic heterocycles. The number of aliphatic carboxylic acids is 1. The number of hydrogen-bond donors (Lipinski definition) is 3. The van der Waals surface area contributed by atoms with E-state index in [4.69, 9.17) is 4.74 Å². The normalized spacial score (nSPS) is 12.5. The summed E-state index contributed by atoms with van der Waals surface area (Å²) in [7, 11) is 8.21. The van der Waals surface area contributed by atoms with Crippen molar-refractivity contribution in [3.8, 4) is 22.3 Å². The number of carbonyl (C=O) groups is 4. The fourth-order valence-electron chi connectivity index (χ4n) is 10.7. The number of carboxylic acid groups (broad SMARTS) is 1. The van der Waals surface area contributed by atoms with Crippen LogP contribution in [0.3, 0.4) is 0 Å². The maximum absolute atomic E-state index is 14.0. The number of ether oxygens (including phenoxy) is 1. The Morgan fingerprint density at radius 1 is 0.565 bits per heavy atom. The van der Waals surface area contributed by atoms with Gasteiger partial charge < -0.3 is 50.4 Å². The number of rotatable bonds is 24. The Hall–Kier alpha value is -6.62. The van der Waals surface area contributed by atoms with Gasteiger partial charge in [0, 0.05) is 37.6 Å². The molecule has 0 radical (unpaired) electrons. The number of amides is 2. The third-order valence-electron chi connectivity index (χ3n) is 15.0. The number of aromatic nitrogens is 2. The number of esters is 1. The van der Waals surface area contributed by atoms with Gasteiger partial charge >= 0.3 is 43.2 Å². The average molecular weight is 1320 g/mol. The van der Waals surface area contributed by atoms with Crippen molar-refractivity contribution in [1.82, 2.24) is 29.6 Å². The Morgan fingerprint density at radius 3 is 1.18 bits per heavy atom. The summed E-state index contributed by atoms with van der Waals surface area (Å²) in [6, 6.07) is 23.8. The molecule has 0 fully saturated rings. The molecule has 6 rings (SSSR count). The van der Waals surface area contributed by atoms with Gasteiger partial charge in [0.1, 0.15) is 12.1 Å². The molecule has 6 N–H and O–H groups in total. The van der Waals surface area contributed by atoms with Crippen molar-refractivity contribution < 1.29 is 85.2 Å². The zero-order valence-electron chi connectivity index (χ0n) is 54.8. The first-order valence-corrected chi connectivity index (χ1v) is 28.9. The summed E-state index contributed by atoms with van der Waals surface area (Å²) in [5.74, 6) is -3.08. The number of aryl methyl sites for hydroxylation is 4. The first-order valence-electron chi connectivity index (χ1n) is 28.9. The van der Waals surface area contributed by atoms with Gasteiger partial charge in [0.25, 0.3) is 11.1 Å². The molecule has 0 aliphatic rings. The fraction of sp³-hybridized carbons (Fsp3) is 0.433. The predicted molar refractivity (Wildman–Crippen MR) is 353 cm³/mol. The maximum Gasteiger partial charge on any atom is 1.00 e. The number of hydrogen-bond acceptors (Lipinski definition) is 10. The van der Waals surface area contributed by atoms with Gasteiger partial charge in [-0.1, -0.05) is 100 Å². The van der Waals surface area contributed by atoms with Gasteiger partial charge in [-0.3, -0.25) is 28.8 Å². The minimum absolute atomic E-state index is 0. The Labute approximate surface area is 561 Å². The van der Waals surface area contributed by atoms with E-state index >= 15 is 0 Å². The van der Waals surface area contributed by atoms with E-state index in [2.05, 4.69) is 10.6 Å². The minimum Gasteiger partial charge on any atom is -0.870 e. The van der Waals surface area contributed by atoms with Crippen LogP contribution in [0.5, 0.6) is 0 Å². The van der Waals surface area contributed by atoms with Crippen LogP contribution < -0.4 is 40.6 Å². The van der Waals surface area contributed by atoms with Crippen LogP contribution in [0.25, 0.3) is 22.3 Å². The smallest absolute Gasteiger partial charge is 0.870 e. The second kappa shape index (κ2) is 37.9. The van der Waals surface area contributed by atoms with Crippen LogP contribution in [-0.4, -0.2) is 107 Å². The quantitative estimate of drug-likeness (QED) is 0.0295. The molecule has 0 saturated carbocycles. The number of methoxy groups -OCH3 is 1. The van der Waals surface area contributed by atoms with Crippen LogP contribution in [0, 0.1) is 39.5 Å². The molecule has 2 heterocycles. The number of likely N-dealkylation sites (N-methyl/N-ethyl adjacent to an activating group) is 2. The van der Waals surface area contributed by atoms with Crippen LogP contribution in [0.4, 0.5) is 26.3 Å². The second-order valence-electron chi connectivity index (χ2n) is 23.6. The van der Waals surface area contributed by atoms with Crippen LogP contribution in [0.2, 0.25) is 0 Å². The van der Waals surface area contributed by atoms with E-state index in [-0.39, 0.29) is 112 Å². The van der Waals surface area contributed by atoms with Crippen molar-refractivity contribution in [2.24, 2.45) is 11.8 Å². The van der Waals surface area contributed by atoms with E-state index in [0.717, 1.165) is 66.0 Å². The van der Waals surface area contributed by atoms with E-state index in [1.807, 2.05) is 122 Å². The summed E-state index contributed by atoms with van der Waals surface area (Å²) in [6.07, 6.45) is -7.35. The van der Waals surface area contributed by atoms with Gasteiger partial charge in [0.15, 0.2) is 0 Å². The third kappa shape index (κ3) is 24.1. The number of nitrogens with one attached hydrogen (secondary N) is 2. The largest absolute Gasteiger partial charge is 1.00 e. The summed E-state index contributed by atoms with van der Waals surface area (Å²) in [4.78, 5) is 81.9. The molecule has 0 spiro atoms. The van der Waals surface area contributed by atoms with Gasteiger partial charge in [-0.25, -0.2) is 0 Å². The SMILES string of the molecule is COC(=O)C[C@H](NC(=O)C(CC(C)C)n1cc(CCN(C)C)c(C(F)(F)F)cc1=O)c1cccc(-c2c(C)cccc2C)c1.Cc1cccc(C)c1-c1cccc([C@H](CC(=O)O)NC(=O)C(CC(C)C)n2cc(CCN(C)C)c(C(F)(F)F)cc2=O)c1.O.S.S.[Li+].[OH-]. The molecule has 4 atom stereocenters. The number of benzene rings is 4. The van der Waals surface area contributed by atoms with Crippen molar-refractivity contribution in [2.45, 2.75) is 130 Å². The van der Waals surface area contributed by atoms with Crippen LogP contribution >= 0.6 is 27.0 Å². The summed E-state index contributed by atoms with van der Waals surface area (Å²) in [5.41, 5.74) is 5.18. The van der Waals surface area contributed by atoms with Gasteiger partial charge in [-0.05, 0) is 172 Å². The fourth-order valence-corrected chi connectivity index (χ4v) is 10.7. The first-order chi connectivity index (χ1) is 40.7. The molecule has 92 heavy (non-hydrogen) atoms. The van der Waals surface area contributed by atoms with Crippen molar-refractivity contribution in [3.05, 3.63) is 186 Å². The van der Waals surface area contributed by atoms with E-state index < -0.39 is 88.9 Å². The summed E-state index contributed by atoms with van der Waals surface area (Å²) >= 11 is 0. The van der Waals surface area contributed by atoms with Gasteiger partial charge in [0.2, 0.25) is 11.8 Å². The molecule has 6 aromatic rings. The predicted octanol–water partition coefficient (Wildman–Crippen LogP) is 8.67. The van der Waals surface area contributed by atoms with Gasteiger partial charge in [-0.2, -0.15) is 53.3 Å². The molecule has 25 heteroatoms. The molecular weight excluding hydrogens is 1230 g/mol. The maximum atomic E-state index is 14.0. The van der Waals surface area contributed by atoms with E-state index in [0.29, 0.717) is 36.3 Å². The topological polar surface area (TPSA) is 234 Å². The Balaban J connectivity index is 0.00000171. The zero-order chi connectivity index (χ0) is 64.8. The van der Waals surface area contributed by atoms with Crippen LogP contribution in [0.15, 0.2) is 119 Å². The van der Waals surface area contributed by atoms with Crippen molar-refractivity contribution in [3.63, 3.8) is 0 Å². The Kier molecular flexibility index (Phi) is 35.2. The first kappa shape index (κ1) is 85.4. The number of carboxylic acids is 1. The number of pyridine rings is 2. The molecule has 0 bridgehead atoms. The van der Waals surface area contributed by atoms with Gasteiger partial charge in [-0.15, -0.1) is 0 Å². The van der Waals surface area contributed by atoms with Gasteiger partial charge in [0.05, 0.1) is 43.2 Å². The number of carbonyl (C=O) groups excluding carboxylic acids is 3. The summed E-state index contributed by atoms with van der Waals surface area (Å²) < 4.78 is 90.3. The zero-order valence-corrected chi connectivity index (χ0v) is 56.8. The summed E-state index contributed by atoms with van der Waals surface area (Å²) in [5, 5.41) is 15.4. The number of alkyl halides is 6. The third-order valence-corrected chi connectivity index (χ3v) is 15.0. The van der Waals surface area contributed by atoms with E-state index in [1.54, 1.807) is 56.2 Å². The molecule has 2 unspecified atom stereocenters. The summed E-state index contributed by atoms with van der Waals surface area (Å²) in [6.45, 7) is 16.0. The standard InChI is InChI=1S/C34H42F3N3O4.C33H40F3N3O4.Li.2H2O.2H2S/c1-21(2)16-29(40-20-26(14-15-39(5)6)27(18-30(40)41)34(35,36)37)33(43)38-28(19-31(42)44-7)24-12-9-13-25(17-24)32-22(3)10-8-11-23(32)4;1-20(2)15-28(39-19-25(13-14-38(5)6)26(17-29(39)40)33(34,35)36)32(43)37-27(18-30(41)42)23-11-8-12-24(16-23)31-21(3)9-7-10-22(31)4;;;;;/h8-13,17-18,20-21,28-29H,14-16,19H2,1-7H3,(H,38,43);7-12,16-17,19-20,27-28H,13-15,18H2,1-6H3,(H,37,43)(H,41,42);;4*1H2/q;;+1;;;;/p-1/t28-,29?;27-,28?;;;;;/m00...../s1. The minimum atomic E-state index is -4.73.